The third kappa shape index (κ3) is 7.06. The number of hydrogen-bond donors (Lipinski definition) is 2. The monoisotopic (exact) mass is 628 g/mol. The molecule has 1 aromatic carbocycles. The minimum Gasteiger partial charge on any atom is -0.481 e. The maximum Gasteiger partial charge on any atom is 0.249 e. The van der Waals surface area contributed by atoms with Gasteiger partial charge in [0, 0.05) is 36.4 Å². The van der Waals surface area contributed by atoms with Gasteiger partial charge in [-0.2, -0.15) is 4.40 Å². The van der Waals surface area contributed by atoms with Crippen LogP contribution in [-0.2, 0) is 25.6 Å². The molecule has 0 aliphatic carbocycles. The van der Waals surface area contributed by atoms with Crippen molar-refractivity contribution in [1.29, 1.82) is 0 Å². The van der Waals surface area contributed by atoms with Crippen molar-refractivity contribution in [2.75, 3.05) is 13.4 Å². The molecule has 0 aliphatic heterocycles. The number of sulfone groups is 1. The predicted octanol–water partition coefficient (Wildman–Crippen LogP) is 3.27. The first-order chi connectivity index (χ1) is 20.0. The van der Waals surface area contributed by atoms with Crippen molar-refractivity contribution >= 4 is 43.9 Å². The van der Waals surface area contributed by atoms with Crippen LogP contribution in [0.1, 0.15) is 12.5 Å². The Kier molecular flexibility index (Phi) is 9.47. The summed E-state index contributed by atoms with van der Waals surface area (Å²) in [6.07, 6.45) is 5.24. The van der Waals surface area contributed by atoms with Gasteiger partial charge < -0.3 is 9.47 Å². The van der Waals surface area contributed by atoms with Crippen LogP contribution < -0.4 is 16.0 Å². The van der Waals surface area contributed by atoms with E-state index in [4.69, 9.17) is 26.9 Å². The smallest absolute Gasteiger partial charge is 0.249 e. The van der Waals surface area contributed by atoms with Gasteiger partial charge in [0.15, 0.2) is 15.7 Å². The molecule has 0 radical (unpaired) electrons. The van der Waals surface area contributed by atoms with E-state index in [0.717, 1.165) is 6.26 Å². The van der Waals surface area contributed by atoms with Gasteiger partial charge in [-0.05, 0) is 37.3 Å². The van der Waals surface area contributed by atoms with Crippen molar-refractivity contribution in [3.8, 4) is 23.1 Å². The van der Waals surface area contributed by atoms with E-state index in [9.17, 15) is 12.6 Å². The van der Waals surface area contributed by atoms with E-state index in [1.165, 1.54) is 42.3 Å². The van der Waals surface area contributed by atoms with Gasteiger partial charge in [0.1, 0.15) is 11.5 Å². The molecule has 0 amide bonds. The van der Waals surface area contributed by atoms with Crippen molar-refractivity contribution < 1.29 is 22.1 Å². The Labute approximate surface area is 249 Å². The molecule has 1 atom stereocenters. The Bertz CT molecular complexity index is 1820. The van der Waals surface area contributed by atoms with Crippen molar-refractivity contribution in [1.82, 2.24) is 30.2 Å². The lowest BCUT2D eigenvalue weighted by Gasteiger charge is -2.12. The SMILES string of the molecule is C=C(OC(=CC(C)=NS(=O)c1nnc(-c2ccc(S(C)(=O)=O)cn2)n1-c1ccccc1Cl)NN)c1ccnc(OC)c1. The molecule has 3 aromatic heterocycles. The summed E-state index contributed by atoms with van der Waals surface area (Å²) in [5.74, 6) is 6.49. The number of nitrogens with zero attached hydrogens (tertiary/aromatic N) is 6. The molecule has 0 spiro atoms. The van der Waals surface area contributed by atoms with E-state index >= 15 is 0 Å². The number of halogens is 1. The summed E-state index contributed by atoms with van der Waals surface area (Å²) >= 11 is 6.47. The maximum atomic E-state index is 13.5. The molecule has 0 fully saturated rings. The number of benzene rings is 1. The fourth-order valence-corrected chi connectivity index (χ4v) is 5.13. The van der Waals surface area contributed by atoms with E-state index in [-0.39, 0.29) is 38.9 Å². The molecule has 3 heterocycles. The van der Waals surface area contributed by atoms with Gasteiger partial charge >= 0.3 is 0 Å². The van der Waals surface area contributed by atoms with Crippen LogP contribution in [0.2, 0.25) is 5.02 Å². The number of allylic oxidation sites excluding steroid dienone is 1. The molecular weight excluding hydrogens is 604 g/mol. The van der Waals surface area contributed by atoms with Crippen molar-refractivity contribution in [2.24, 2.45) is 10.2 Å². The summed E-state index contributed by atoms with van der Waals surface area (Å²) in [6.45, 7) is 5.48. The van der Waals surface area contributed by atoms with Gasteiger partial charge in [0.05, 0.1) is 28.4 Å². The van der Waals surface area contributed by atoms with Crippen molar-refractivity contribution in [3.63, 3.8) is 0 Å². The van der Waals surface area contributed by atoms with Crippen LogP contribution in [0, 0.1) is 0 Å². The molecule has 4 aromatic rings. The first-order valence-corrected chi connectivity index (χ1v) is 15.3. The number of pyridine rings is 2. The Morgan fingerprint density at radius 2 is 1.95 bits per heavy atom. The Balaban J connectivity index is 1.68. The minimum absolute atomic E-state index is 0.0307. The molecule has 0 saturated heterocycles. The predicted molar refractivity (Wildman–Crippen MR) is 159 cm³/mol. The van der Waals surface area contributed by atoms with Crippen LogP contribution in [-0.4, -0.2) is 56.4 Å². The largest absolute Gasteiger partial charge is 0.481 e. The Hall–Kier alpha value is -4.44. The summed E-state index contributed by atoms with van der Waals surface area (Å²) in [5, 5.41) is 8.53. The number of ether oxygens (including phenoxy) is 2. The summed E-state index contributed by atoms with van der Waals surface area (Å²) in [7, 11) is -4.08. The summed E-state index contributed by atoms with van der Waals surface area (Å²) in [4.78, 5) is 8.30. The topological polar surface area (TPSA) is 177 Å². The molecule has 0 bridgehead atoms. The first kappa shape index (κ1) is 30.5. The number of nitrogens with one attached hydrogen (secondary N) is 1. The van der Waals surface area contributed by atoms with Crippen LogP contribution in [0.5, 0.6) is 5.88 Å². The summed E-state index contributed by atoms with van der Waals surface area (Å²) < 4.78 is 53.7. The van der Waals surface area contributed by atoms with E-state index in [2.05, 4.69) is 36.6 Å². The molecule has 0 saturated carbocycles. The van der Waals surface area contributed by atoms with Gasteiger partial charge in [0.2, 0.25) is 27.9 Å². The highest BCUT2D eigenvalue weighted by Crippen LogP contribution is 2.29. The molecule has 3 N–H and O–H groups in total. The molecule has 16 heteroatoms. The van der Waals surface area contributed by atoms with Gasteiger partial charge in [-0.15, -0.1) is 10.2 Å². The Morgan fingerprint density at radius 1 is 1.19 bits per heavy atom. The second kappa shape index (κ2) is 13.0. The normalized spacial score (nSPS) is 13.0. The van der Waals surface area contributed by atoms with Gasteiger partial charge in [-0.3, -0.25) is 15.0 Å². The zero-order valence-electron chi connectivity index (χ0n) is 22.6. The third-order valence-corrected chi connectivity index (χ3v) is 7.93. The minimum atomic E-state index is -3.47. The number of hydrogen-bond acceptors (Lipinski definition) is 11. The molecule has 13 nitrogen and oxygen atoms in total. The standard InChI is InChI=1S/C26H25ClN8O5S2/c1-16(13-24(31-28)40-17(2)18-11-12-29-23(14-18)39-3)34-41(36)26-33-32-25(35(26)22-8-6-5-7-20(22)27)21-10-9-19(15-30-21)42(4,37)38/h5-15,31H,2,28H2,1,3-4H3. The second-order valence-electron chi connectivity index (χ2n) is 8.49. The number of rotatable bonds is 11. The zero-order chi connectivity index (χ0) is 30.4. The third-order valence-electron chi connectivity index (χ3n) is 5.48. The fraction of sp³-hybridized carbons (Fsp3) is 0.115. The van der Waals surface area contributed by atoms with Crippen LogP contribution in [0.4, 0.5) is 0 Å². The molecule has 0 aliphatic rings. The highest BCUT2D eigenvalue weighted by Gasteiger charge is 2.23. The average Bonchev–Trinajstić information content (AvgIpc) is 3.41. The lowest BCUT2D eigenvalue weighted by atomic mass is 10.2. The quantitative estimate of drug-likeness (QED) is 0.108. The number of aromatic nitrogens is 5. The summed E-state index contributed by atoms with van der Waals surface area (Å²) in [6, 6.07) is 13.0. The second-order valence-corrected chi connectivity index (χ2v) is 12.0. The number of hydrazine groups is 1. The highest BCUT2D eigenvalue weighted by atomic mass is 35.5. The van der Waals surface area contributed by atoms with Crippen molar-refractivity contribution in [3.05, 3.63) is 90.0 Å². The molecule has 1 unspecified atom stereocenters. The zero-order valence-corrected chi connectivity index (χ0v) is 24.9. The molecule has 218 valence electrons. The van der Waals surface area contributed by atoms with E-state index in [1.807, 2.05) is 0 Å². The van der Waals surface area contributed by atoms with Crippen LogP contribution in [0.3, 0.4) is 0 Å². The van der Waals surface area contributed by atoms with Gasteiger partial charge in [-0.25, -0.2) is 23.5 Å². The number of para-hydroxylation sites is 1. The number of nitrogens with two attached hydrogens (primary N) is 1. The molecule has 42 heavy (non-hydrogen) atoms. The van der Waals surface area contributed by atoms with Crippen molar-refractivity contribution in [2.45, 2.75) is 17.0 Å². The first-order valence-electron chi connectivity index (χ1n) is 11.9. The Morgan fingerprint density at radius 3 is 2.60 bits per heavy atom. The maximum absolute atomic E-state index is 13.5. The van der Waals surface area contributed by atoms with Crippen LogP contribution >= 0.6 is 11.6 Å². The van der Waals surface area contributed by atoms with E-state index in [0.29, 0.717) is 22.2 Å². The lowest BCUT2D eigenvalue weighted by Crippen LogP contribution is -2.23. The van der Waals surface area contributed by atoms with E-state index < -0.39 is 20.8 Å². The fourth-order valence-electron chi connectivity index (χ4n) is 3.51. The lowest BCUT2D eigenvalue weighted by molar-refractivity contribution is 0.345. The van der Waals surface area contributed by atoms with Crippen LogP contribution in [0.15, 0.2) is 93.9 Å². The van der Waals surface area contributed by atoms with Gasteiger partial charge in [0.25, 0.3) is 0 Å². The highest BCUT2D eigenvalue weighted by molar-refractivity contribution is 7.90. The summed E-state index contributed by atoms with van der Waals surface area (Å²) in [5.41, 5.74) is 3.95. The molecule has 4 rings (SSSR count). The van der Waals surface area contributed by atoms with E-state index in [1.54, 1.807) is 43.3 Å². The average molecular weight is 629 g/mol. The van der Waals surface area contributed by atoms with Crippen LogP contribution in [0.25, 0.3) is 23.0 Å². The molecular formula is C26H25ClN8O5S2. The van der Waals surface area contributed by atoms with Gasteiger partial charge in [-0.1, -0.05) is 30.3 Å². The number of methoxy groups -OCH3 is 1.